The number of ether oxygens (including phenoxy) is 1. The summed E-state index contributed by atoms with van der Waals surface area (Å²) in [6, 6.07) is 7.43. The van der Waals surface area contributed by atoms with E-state index in [0.717, 1.165) is 32.6 Å². The van der Waals surface area contributed by atoms with Gasteiger partial charge in [0.2, 0.25) is 0 Å². The number of benzene rings is 1. The molecule has 1 saturated heterocycles. The quantitative estimate of drug-likeness (QED) is 0.498. The van der Waals surface area contributed by atoms with Crippen LogP contribution >= 0.6 is 0 Å². The summed E-state index contributed by atoms with van der Waals surface area (Å²) in [6.45, 7) is 10.6. The SMILES string of the molecule is COc1ccccc1NC(=O)C[NH+]1CCC[NH+](CC(=O)NC(C)(C)C)CC1. The second-order valence-electron chi connectivity index (χ2n) is 8.25. The van der Waals surface area contributed by atoms with Crippen LogP contribution in [0.3, 0.4) is 0 Å². The topological polar surface area (TPSA) is 76.3 Å². The highest BCUT2D eigenvalue weighted by Gasteiger charge is 2.25. The zero-order chi connectivity index (χ0) is 19.9. The van der Waals surface area contributed by atoms with Gasteiger partial charge in [-0.1, -0.05) is 12.1 Å². The molecule has 7 nitrogen and oxygen atoms in total. The fourth-order valence-corrected chi connectivity index (χ4v) is 3.40. The molecule has 0 bridgehead atoms. The number of para-hydroxylation sites is 2. The molecule has 2 rings (SSSR count). The van der Waals surface area contributed by atoms with Gasteiger partial charge in [-0.05, 0) is 32.9 Å². The van der Waals surface area contributed by atoms with Crippen LogP contribution in [0.4, 0.5) is 5.69 Å². The Morgan fingerprint density at radius 2 is 1.59 bits per heavy atom. The van der Waals surface area contributed by atoms with Gasteiger partial charge in [0, 0.05) is 12.0 Å². The van der Waals surface area contributed by atoms with E-state index in [2.05, 4.69) is 10.6 Å². The van der Waals surface area contributed by atoms with Gasteiger partial charge >= 0.3 is 0 Å². The number of methoxy groups -OCH3 is 1. The maximum atomic E-state index is 12.4. The lowest BCUT2D eigenvalue weighted by Gasteiger charge is -2.22. The first kappa shape index (κ1) is 21.2. The molecule has 2 amide bonds. The number of hydrogen-bond donors (Lipinski definition) is 4. The van der Waals surface area contributed by atoms with Gasteiger partial charge in [0.1, 0.15) is 18.8 Å². The van der Waals surface area contributed by atoms with Gasteiger partial charge in [-0.25, -0.2) is 0 Å². The van der Waals surface area contributed by atoms with Crippen molar-refractivity contribution in [2.45, 2.75) is 32.7 Å². The van der Waals surface area contributed by atoms with Gasteiger partial charge in [0.15, 0.2) is 13.1 Å². The van der Waals surface area contributed by atoms with Crippen LogP contribution in [0.2, 0.25) is 0 Å². The van der Waals surface area contributed by atoms with Crippen LogP contribution in [-0.4, -0.2) is 63.7 Å². The largest absolute Gasteiger partial charge is 0.495 e. The third kappa shape index (κ3) is 7.56. The molecule has 7 heteroatoms. The summed E-state index contributed by atoms with van der Waals surface area (Å²) in [5.74, 6) is 0.746. The highest BCUT2D eigenvalue weighted by Crippen LogP contribution is 2.22. The van der Waals surface area contributed by atoms with E-state index < -0.39 is 0 Å². The van der Waals surface area contributed by atoms with Crippen LogP contribution in [0.25, 0.3) is 0 Å². The maximum absolute atomic E-state index is 12.4. The Bertz CT molecular complexity index is 642. The molecule has 1 aromatic rings. The zero-order valence-electron chi connectivity index (χ0n) is 17.0. The van der Waals surface area contributed by atoms with Crippen molar-refractivity contribution in [2.75, 3.05) is 51.7 Å². The summed E-state index contributed by atoms with van der Waals surface area (Å²) >= 11 is 0. The van der Waals surface area contributed by atoms with Crippen LogP contribution in [0.1, 0.15) is 27.2 Å². The molecule has 27 heavy (non-hydrogen) atoms. The lowest BCUT2D eigenvalue weighted by molar-refractivity contribution is -0.930. The first-order valence-electron chi connectivity index (χ1n) is 9.68. The summed E-state index contributed by atoms with van der Waals surface area (Å²) < 4.78 is 5.28. The van der Waals surface area contributed by atoms with Gasteiger partial charge in [0.05, 0.1) is 25.9 Å². The Kier molecular flexibility index (Phi) is 7.62. The molecule has 2 unspecified atom stereocenters. The molecule has 1 aliphatic heterocycles. The first-order chi connectivity index (χ1) is 12.8. The average molecular weight is 379 g/mol. The molecule has 0 spiro atoms. The smallest absolute Gasteiger partial charge is 0.279 e. The molecular weight excluding hydrogens is 344 g/mol. The van der Waals surface area contributed by atoms with Crippen LogP contribution in [-0.2, 0) is 9.59 Å². The molecular formula is C20H34N4O3+2. The highest BCUT2D eigenvalue weighted by atomic mass is 16.5. The van der Waals surface area contributed by atoms with E-state index in [1.165, 1.54) is 9.80 Å². The standard InChI is InChI=1S/C20H32N4O3/c1-20(2,3)22-19(26)15-24-11-7-10-23(12-13-24)14-18(25)21-16-8-5-6-9-17(16)27-4/h5-6,8-9H,7,10-15H2,1-4H3,(H,21,25)(H,22,26)/p+2. The molecule has 2 atom stereocenters. The zero-order valence-corrected chi connectivity index (χ0v) is 17.0. The van der Waals surface area contributed by atoms with Gasteiger partial charge < -0.3 is 25.2 Å². The van der Waals surface area contributed by atoms with E-state index >= 15 is 0 Å². The summed E-state index contributed by atoms with van der Waals surface area (Å²) in [7, 11) is 1.60. The number of rotatable bonds is 6. The fraction of sp³-hybridized carbons (Fsp3) is 0.600. The van der Waals surface area contributed by atoms with E-state index in [9.17, 15) is 9.59 Å². The van der Waals surface area contributed by atoms with Crippen LogP contribution in [0.5, 0.6) is 5.75 Å². The van der Waals surface area contributed by atoms with Gasteiger partial charge in [-0.3, -0.25) is 9.59 Å². The van der Waals surface area contributed by atoms with Crippen molar-refractivity contribution in [1.29, 1.82) is 0 Å². The highest BCUT2D eigenvalue weighted by molar-refractivity contribution is 5.92. The van der Waals surface area contributed by atoms with Crippen molar-refractivity contribution in [3.63, 3.8) is 0 Å². The molecule has 0 saturated carbocycles. The molecule has 1 aliphatic rings. The first-order valence-corrected chi connectivity index (χ1v) is 9.68. The lowest BCUT2D eigenvalue weighted by atomic mass is 10.1. The Morgan fingerprint density at radius 1 is 1.00 bits per heavy atom. The van der Waals surface area contributed by atoms with Crippen LogP contribution in [0, 0.1) is 0 Å². The monoisotopic (exact) mass is 378 g/mol. The summed E-state index contributed by atoms with van der Waals surface area (Å²) in [5.41, 5.74) is 0.501. The Labute approximate surface area is 162 Å². The van der Waals surface area contributed by atoms with Gasteiger partial charge in [-0.2, -0.15) is 0 Å². The average Bonchev–Trinajstić information content (AvgIpc) is 2.78. The molecule has 0 aliphatic carbocycles. The second kappa shape index (κ2) is 9.71. The van der Waals surface area contributed by atoms with E-state index in [0.29, 0.717) is 24.5 Å². The Morgan fingerprint density at radius 3 is 2.19 bits per heavy atom. The summed E-state index contributed by atoms with van der Waals surface area (Å²) in [5, 5.41) is 5.97. The number of carbonyl (C=O) groups excluding carboxylic acids is 2. The normalized spacial score (nSPS) is 20.4. The number of nitrogens with one attached hydrogen (secondary N) is 4. The van der Waals surface area contributed by atoms with Gasteiger partial charge in [0.25, 0.3) is 11.8 Å². The van der Waals surface area contributed by atoms with Crippen LogP contribution in [0.15, 0.2) is 24.3 Å². The predicted octanol–water partition coefficient (Wildman–Crippen LogP) is -1.28. The Balaban J connectivity index is 1.80. The number of anilines is 1. The minimum absolute atomic E-state index is 0.0107. The van der Waals surface area contributed by atoms with Crippen molar-refractivity contribution in [3.05, 3.63) is 24.3 Å². The minimum Gasteiger partial charge on any atom is -0.495 e. The van der Waals surface area contributed by atoms with Crippen LogP contribution < -0.4 is 25.2 Å². The molecule has 150 valence electrons. The third-order valence-electron chi connectivity index (χ3n) is 4.61. The van der Waals surface area contributed by atoms with Gasteiger partial charge in [-0.15, -0.1) is 0 Å². The van der Waals surface area contributed by atoms with Crippen molar-refractivity contribution < 1.29 is 24.1 Å². The lowest BCUT2D eigenvalue weighted by Crippen LogP contribution is -3.18. The minimum atomic E-state index is -0.198. The second-order valence-corrected chi connectivity index (χ2v) is 8.25. The van der Waals surface area contributed by atoms with Crippen molar-refractivity contribution >= 4 is 17.5 Å². The molecule has 0 aromatic heterocycles. The summed E-state index contributed by atoms with van der Waals surface area (Å²) in [6.07, 6.45) is 1.01. The molecule has 4 N–H and O–H groups in total. The fourth-order valence-electron chi connectivity index (χ4n) is 3.40. The molecule has 1 aromatic carbocycles. The number of quaternary nitrogens is 2. The predicted molar refractivity (Wildman–Crippen MR) is 105 cm³/mol. The van der Waals surface area contributed by atoms with E-state index in [1.54, 1.807) is 7.11 Å². The van der Waals surface area contributed by atoms with Crippen molar-refractivity contribution in [2.24, 2.45) is 0 Å². The summed E-state index contributed by atoms with van der Waals surface area (Å²) in [4.78, 5) is 27.1. The van der Waals surface area contributed by atoms with Crippen molar-refractivity contribution in [1.82, 2.24) is 5.32 Å². The van der Waals surface area contributed by atoms with E-state index in [1.807, 2.05) is 45.0 Å². The van der Waals surface area contributed by atoms with E-state index in [-0.39, 0.29) is 17.4 Å². The number of carbonyl (C=O) groups is 2. The Hall–Kier alpha value is -2.12. The van der Waals surface area contributed by atoms with E-state index in [4.69, 9.17) is 4.74 Å². The molecule has 0 radical (unpaired) electrons. The molecule has 1 fully saturated rings. The van der Waals surface area contributed by atoms with Crippen molar-refractivity contribution in [3.8, 4) is 5.75 Å². The maximum Gasteiger partial charge on any atom is 0.279 e. The number of amides is 2. The third-order valence-corrected chi connectivity index (χ3v) is 4.61. The number of hydrogen-bond acceptors (Lipinski definition) is 3. The molecule has 1 heterocycles.